The average Bonchev–Trinajstić information content (AvgIpc) is 3.33. The lowest BCUT2D eigenvalue weighted by atomic mass is 10.1. The van der Waals surface area contributed by atoms with Gasteiger partial charge in [0.1, 0.15) is 5.82 Å². The van der Waals surface area contributed by atoms with Gasteiger partial charge in [-0.3, -0.25) is 4.79 Å². The highest BCUT2D eigenvalue weighted by molar-refractivity contribution is 6.04. The monoisotopic (exact) mass is 322 g/mol. The van der Waals surface area contributed by atoms with Gasteiger partial charge in [-0.25, -0.2) is 9.37 Å². The van der Waals surface area contributed by atoms with E-state index in [2.05, 4.69) is 10.3 Å². The predicted molar refractivity (Wildman–Crippen MR) is 88.3 cm³/mol. The molecular weight excluding hydrogens is 307 g/mol. The number of aromatic nitrogens is 1. The molecule has 1 N–H and O–H groups in total. The van der Waals surface area contributed by atoms with E-state index in [4.69, 9.17) is 4.42 Å². The van der Waals surface area contributed by atoms with Gasteiger partial charge in [0.25, 0.3) is 5.91 Å². The quantitative estimate of drug-likeness (QED) is 0.763. The molecule has 0 spiro atoms. The summed E-state index contributed by atoms with van der Waals surface area (Å²) in [5.74, 6) is 1.21. The van der Waals surface area contributed by atoms with Gasteiger partial charge >= 0.3 is 0 Å². The number of nitrogens with zero attached hydrogens (tertiary/aromatic N) is 1. The first-order valence-electron chi connectivity index (χ1n) is 7.82. The van der Waals surface area contributed by atoms with E-state index in [9.17, 15) is 9.18 Å². The lowest BCUT2D eigenvalue weighted by molar-refractivity contribution is 0.102. The van der Waals surface area contributed by atoms with Crippen molar-refractivity contribution >= 4 is 11.6 Å². The maximum absolute atomic E-state index is 13.2. The van der Waals surface area contributed by atoms with Crippen molar-refractivity contribution in [1.29, 1.82) is 0 Å². The molecule has 4 nitrogen and oxygen atoms in total. The topological polar surface area (TPSA) is 55.1 Å². The largest absolute Gasteiger partial charge is 0.440 e. The minimum Gasteiger partial charge on any atom is -0.440 e. The Morgan fingerprint density at radius 2 is 1.96 bits per heavy atom. The summed E-state index contributed by atoms with van der Waals surface area (Å²) in [5.41, 5.74) is 1.82. The summed E-state index contributed by atoms with van der Waals surface area (Å²) >= 11 is 0. The first-order valence-corrected chi connectivity index (χ1v) is 7.82. The summed E-state index contributed by atoms with van der Waals surface area (Å²) in [6.07, 6.45) is 4.02. The van der Waals surface area contributed by atoms with Gasteiger partial charge in [0.2, 0.25) is 0 Å². The fourth-order valence-corrected chi connectivity index (χ4v) is 2.49. The predicted octanol–water partition coefficient (Wildman–Crippen LogP) is 4.61. The second kappa shape index (κ2) is 5.92. The van der Waals surface area contributed by atoms with Crippen LogP contribution in [0.25, 0.3) is 11.3 Å². The third kappa shape index (κ3) is 3.06. The molecule has 1 saturated carbocycles. The second-order valence-electron chi connectivity index (χ2n) is 5.88. The summed E-state index contributed by atoms with van der Waals surface area (Å²) in [6, 6.07) is 12.9. The summed E-state index contributed by atoms with van der Waals surface area (Å²) in [4.78, 5) is 16.4. The van der Waals surface area contributed by atoms with Gasteiger partial charge in [0.15, 0.2) is 11.7 Å². The molecule has 0 atom stereocenters. The van der Waals surface area contributed by atoms with Crippen LogP contribution in [0.5, 0.6) is 0 Å². The summed E-state index contributed by atoms with van der Waals surface area (Å²) < 4.78 is 18.9. The zero-order chi connectivity index (χ0) is 16.5. The maximum atomic E-state index is 13.2. The number of anilines is 1. The van der Waals surface area contributed by atoms with Crippen LogP contribution in [0.1, 0.15) is 35.0 Å². The highest BCUT2D eigenvalue weighted by Gasteiger charge is 2.28. The van der Waals surface area contributed by atoms with Crippen LogP contribution in [0.15, 0.2) is 59.1 Å². The van der Waals surface area contributed by atoms with Crippen LogP contribution < -0.4 is 5.32 Å². The van der Waals surface area contributed by atoms with Crippen molar-refractivity contribution in [2.45, 2.75) is 18.8 Å². The smallest absolute Gasteiger partial charge is 0.255 e. The van der Waals surface area contributed by atoms with E-state index in [1.165, 1.54) is 18.2 Å². The van der Waals surface area contributed by atoms with E-state index in [0.717, 1.165) is 30.1 Å². The molecule has 1 aromatic heterocycles. The van der Waals surface area contributed by atoms with Crippen molar-refractivity contribution in [2.24, 2.45) is 0 Å². The fourth-order valence-electron chi connectivity index (χ4n) is 2.49. The van der Waals surface area contributed by atoms with Gasteiger partial charge in [-0.15, -0.1) is 0 Å². The number of amides is 1. The van der Waals surface area contributed by atoms with Crippen LogP contribution in [0.3, 0.4) is 0 Å². The van der Waals surface area contributed by atoms with Crippen molar-refractivity contribution < 1.29 is 13.6 Å². The fraction of sp³-hybridized carbons (Fsp3) is 0.158. The number of hydrogen-bond acceptors (Lipinski definition) is 3. The Labute approximate surface area is 138 Å². The molecule has 3 aromatic rings. The van der Waals surface area contributed by atoms with Crippen molar-refractivity contribution in [3.63, 3.8) is 0 Å². The summed E-state index contributed by atoms with van der Waals surface area (Å²) in [5, 5.41) is 2.75. The van der Waals surface area contributed by atoms with E-state index >= 15 is 0 Å². The standard InChI is InChI=1S/C19H15FN2O2/c20-15-3-1-2-14(10-15)18(23)22-16-8-6-12(7-9-16)17-11-21-19(24-17)13-4-5-13/h1-3,6-11,13H,4-5H2,(H,22,23). The molecule has 1 heterocycles. The van der Waals surface area contributed by atoms with Gasteiger partial charge in [0, 0.05) is 22.7 Å². The normalized spacial score (nSPS) is 13.7. The number of carbonyl (C=O) groups is 1. The molecule has 24 heavy (non-hydrogen) atoms. The minimum absolute atomic E-state index is 0.281. The Morgan fingerprint density at radius 1 is 1.17 bits per heavy atom. The van der Waals surface area contributed by atoms with Crippen molar-refractivity contribution in [2.75, 3.05) is 5.32 Å². The van der Waals surface area contributed by atoms with E-state index < -0.39 is 5.82 Å². The molecule has 5 heteroatoms. The highest BCUT2D eigenvalue weighted by Crippen LogP contribution is 2.40. The van der Waals surface area contributed by atoms with Crippen LogP contribution in [0.2, 0.25) is 0 Å². The molecule has 4 rings (SSSR count). The number of hydrogen-bond donors (Lipinski definition) is 1. The lowest BCUT2D eigenvalue weighted by Crippen LogP contribution is -2.11. The van der Waals surface area contributed by atoms with Gasteiger partial charge in [-0.05, 0) is 55.3 Å². The van der Waals surface area contributed by atoms with Gasteiger partial charge in [-0.1, -0.05) is 6.07 Å². The number of benzene rings is 2. The summed E-state index contributed by atoms with van der Waals surface area (Å²) in [6.45, 7) is 0. The van der Waals surface area contributed by atoms with Crippen molar-refractivity contribution in [1.82, 2.24) is 4.98 Å². The van der Waals surface area contributed by atoms with Gasteiger partial charge in [0.05, 0.1) is 6.20 Å². The second-order valence-corrected chi connectivity index (χ2v) is 5.88. The average molecular weight is 322 g/mol. The molecule has 1 aliphatic carbocycles. The van der Waals surface area contributed by atoms with Crippen LogP contribution in [0.4, 0.5) is 10.1 Å². The third-order valence-corrected chi connectivity index (χ3v) is 3.96. The van der Waals surface area contributed by atoms with Crippen LogP contribution in [-0.2, 0) is 0 Å². The van der Waals surface area contributed by atoms with E-state index in [1.54, 1.807) is 24.4 Å². The van der Waals surface area contributed by atoms with Crippen LogP contribution in [0, 0.1) is 5.82 Å². The molecule has 0 aliphatic heterocycles. The number of carbonyl (C=O) groups excluding carboxylic acids is 1. The molecule has 0 saturated heterocycles. The SMILES string of the molecule is O=C(Nc1ccc(-c2cnc(C3CC3)o2)cc1)c1cccc(F)c1. The maximum Gasteiger partial charge on any atom is 0.255 e. The first-order chi connectivity index (χ1) is 11.7. The molecule has 120 valence electrons. The van der Waals surface area contributed by atoms with Gasteiger partial charge in [-0.2, -0.15) is 0 Å². The lowest BCUT2D eigenvalue weighted by Gasteiger charge is -2.06. The zero-order valence-electron chi connectivity index (χ0n) is 12.8. The number of halogens is 1. The molecule has 1 fully saturated rings. The molecule has 1 amide bonds. The Hall–Kier alpha value is -2.95. The Morgan fingerprint density at radius 3 is 2.67 bits per heavy atom. The van der Waals surface area contributed by atoms with E-state index in [1.807, 2.05) is 12.1 Å². The molecular formula is C19H15FN2O2. The highest BCUT2D eigenvalue weighted by atomic mass is 19.1. The molecule has 0 radical (unpaired) electrons. The van der Waals surface area contributed by atoms with Crippen LogP contribution in [-0.4, -0.2) is 10.9 Å². The van der Waals surface area contributed by atoms with Gasteiger partial charge < -0.3 is 9.73 Å². The van der Waals surface area contributed by atoms with E-state index in [-0.39, 0.29) is 11.5 Å². The van der Waals surface area contributed by atoms with E-state index in [0.29, 0.717) is 11.6 Å². The Balaban J connectivity index is 1.47. The van der Waals surface area contributed by atoms with Crippen LogP contribution >= 0.6 is 0 Å². The molecule has 0 bridgehead atoms. The number of nitrogens with one attached hydrogen (secondary N) is 1. The Kier molecular flexibility index (Phi) is 3.61. The van der Waals surface area contributed by atoms with Crippen molar-refractivity contribution in [3.8, 4) is 11.3 Å². The molecule has 2 aromatic carbocycles. The molecule has 1 aliphatic rings. The van der Waals surface area contributed by atoms with Crippen molar-refractivity contribution in [3.05, 3.63) is 72.0 Å². The third-order valence-electron chi connectivity index (χ3n) is 3.96. The Bertz CT molecular complexity index is 882. The zero-order valence-corrected chi connectivity index (χ0v) is 12.8. The number of oxazole rings is 1. The molecule has 0 unspecified atom stereocenters. The summed E-state index contributed by atoms with van der Waals surface area (Å²) in [7, 11) is 0. The first kappa shape index (κ1) is 14.6. The minimum atomic E-state index is -0.435. The number of rotatable bonds is 4.